The van der Waals surface area contributed by atoms with Crippen LogP contribution in [0.2, 0.25) is 0 Å². The molecule has 9 heavy (non-hydrogen) atoms. The van der Waals surface area contributed by atoms with Gasteiger partial charge in [-0.15, -0.1) is 5.10 Å². The Hall–Kier alpha value is -1.32. The number of nitrogens with two attached hydrogens (primary N) is 2. The number of rotatable bonds is 2. The maximum absolute atomic E-state index is 4.96. The fraction of sp³-hybridized carbons (Fsp3) is 0.200. The summed E-state index contributed by atoms with van der Waals surface area (Å²) in [5, 5.41) is 6.84. The van der Waals surface area contributed by atoms with Gasteiger partial charge in [0, 0.05) is 6.21 Å². The third-order valence-corrected chi connectivity index (χ3v) is 0.518. The van der Waals surface area contributed by atoms with E-state index < -0.39 is 0 Å². The van der Waals surface area contributed by atoms with Gasteiger partial charge in [0.25, 0.3) is 0 Å². The van der Waals surface area contributed by atoms with E-state index in [-0.39, 0.29) is 5.96 Å². The van der Waals surface area contributed by atoms with Crippen molar-refractivity contribution in [2.45, 2.75) is 6.92 Å². The van der Waals surface area contributed by atoms with Crippen LogP contribution < -0.4 is 11.5 Å². The molecule has 0 saturated carbocycles. The van der Waals surface area contributed by atoms with Crippen LogP contribution in [0.15, 0.2) is 22.4 Å². The second-order valence-corrected chi connectivity index (χ2v) is 1.32. The van der Waals surface area contributed by atoms with Gasteiger partial charge in [0.05, 0.1) is 0 Å². The molecule has 50 valence electrons. The molecule has 4 heteroatoms. The Kier molecular flexibility index (Phi) is 4.12. The standard InChI is InChI=1S/C5H10N4/c1-2-3-4-8-9-5(6)7/h2-4H,1H3,(H4,6,7,9). The van der Waals surface area contributed by atoms with E-state index >= 15 is 0 Å². The number of hydrogen-bond acceptors (Lipinski definition) is 2. The molecule has 4 nitrogen and oxygen atoms in total. The Morgan fingerprint density at radius 2 is 2.11 bits per heavy atom. The molecule has 0 bridgehead atoms. The summed E-state index contributed by atoms with van der Waals surface area (Å²) < 4.78 is 0. The second kappa shape index (κ2) is 4.83. The van der Waals surface area contributed by atoms with Crippen molar-refractivity contribution in [2.75, 3.05) is 0 Å². The molecule has 0 heterocycles. The van der Waals surface area contributed by atoms with Crippen LogP contribution in [0.25, 0.3) is 0 Å². The molecular formula is C5H10N4. The molecule has 0 aliphatic heterocycles. The Morgan fingerprint density at radius 1 is 1.44 bits per heavy atom. The SMILES string of the molecule is CC=CC=NN=C(N)N. The Bertz CT molecular complexity index is 141. The summed E-state index contributed by atoms with van der Waals surface area (Å²) in [6.07, 6.45) is 5.05. The largest absolute Gasteiger partial charge is 0.369 e. The highest BCUT2D eigenvalue weighted by atomic mass is 15.3. The highest BCUT2D eigenvalue weighted by molar-refractivity contribution is 5.77. The monoisotopic (exact) mass is 126 g/mol. The zero-order valence-corrected chi connectivity index (χ0v) is 5.28. The lowest BCUT2D eigenvalue weighted by atomic mass is 10.6. The third kappa shape index (κ3) is 6.68. The highest BCUT2D eigenvalue weighted by Gasteiger charge is 1.69. The van der Waals surface area contributed by atoms with Crippen LogP contribution in [0.4, 0.5) is 0 Å². The molecular weight excluding hydrogens is 116 g/mol. The molecule has 0 rings (SSSR count). The van der Waals surface area contributed by atoms with Gasteiger partial charge in [0.1, 0.15) is 0 Å². The summed E-state index contributed by atoms with van der Waals surface area (Å²) in [5.74, 6) is -0.0317. The molecule has 0 atom stereocenters. The number of guanidine groups is 1. The smallest absolute Gasteiger partial charge is 0.211 e. The van der Waals surface area contributed by atoms with Crippen LogP contribution in [-0.2, 0) is 0 Å². The minimum absolute atomic E-state index is 0.0317. The lowest BCUT2D eigenvalue weighted by Crippen LogP contribution is -2.21. The van der Waals surface area contributed by atoms with Crippen LogP contribution in [0.1, 0.15) is 6.92 Å². The first-order valence-electron chi connectivity index (χ1n) is 2.50. The molecule has 0 radical (unpaired) electrons. The fourth-order valence-electron chi connectivity index (χ4n) is 0.225. The molecule has 0 unspecified atom stereocenters. The first-order chi connectivity index (χ1) is 4.27. The first-order valence-corrected chi connectivity index (χ1v) is 2.50. The van der Waals surface area contributed by atoms with Crippen molar-refractivity contribution in [1.82, 2.24) is 0 Å². The van der Waals surface area contributed by atoms with Crippen LogP contribution in [0, 0.1) is 0 Å². The zero-order valence-electron chi connectivity index (χ0n) is 5.28. The predicted molar refractivity (Wildman–Crippen MR) is 39.1 cm³/mol. The second-order valence-electron chi connectivity index (χ2n) is 1.32. The molecule has 0 aromatic carbocycles. The summed E-state index contributed by atoms with van der Waals surface area (Å²) in [7, 11) is 0. The molecule has 4 N–H and O–H groups in total. The zero-order chi connectivity index (χ0) is 7.11. The van der Waals surface area contributed by atoms with Gasteiger partial charge in [-0.25, -0.2) is 0 Å². The maximum atomic E-state index is 4.96. The van der Waals surface area contributed by atoms with Gasteiger partial charge in [0.15, 0.2) is 0 Å². The molecule has 0 aromatic heterocycles. The Labute approximate surface area is 53.9 Å². The van der Waals surface area contributed by atoms with Crippen molar-refractivity contribution in [1.29, 1.82) is 0 Å². The molecule has 0 aliphatic carbocycles. The highest BCUT2D eigenvalue weighted by Crippen LogP contribution is 1.68. The van der Waals surface area contributed by atoms with Gasteiger partial charge < -0.3 is 11.5 Å². The Morgan fingerprint density at radius 3 is 2.56 bits per heavy atom. The topological polar surface area (TPSA) is 76.8 Å². The summed E-state index contributed by atoms with van der Waals surface area (Å²) in [6, 6.07) is 0. The maximum Gasteiger partial charge on any atom is 0.211 e. The molecule has 0 aliphatic rings. The molecule has 0 amide bonds. The van der Waals surface area contributed by atoms with Crippen molar-refractivity contribution in [3.05, 3.63) is 12.2 Å². The average molecular weight is 126 g/mol. The summed E-state index contributed by atoms with van der Waals surface area (Å²) in [6.45, 7) is 1.88. The number of nitrogens with zero attached hydrogens (tertiary/aromatic N) is 2. The van der Waals surface area contributed by atoms with Gasteiger partial charge in [-0.1, -0.05) is 6.08 Å². The predicted octanol–water partition coefficient (Wildman–Crippen LogP) is -0.178. The van der Waals surface area contributed by atoms with E-state index in [0.29, 0.717) is 0 Å². The van der Waals surface area contributed by atoms with Gasteiger partial charge in [-0.05, 0) is 13.0 Å². The fourth-order valence-corrected chi connectivity index (χ4v) is 0.225. The van der Waals surface area contributed by atoms with Gasteiger partial charge in [-0.3, -0.25) is 0 Å². The third-order valence-electron chi connectivity index (χ3n) is 0.518. The van der Waals surface area contributed by atoms with E-state index in [2.05, 4.69) is 10.2 Å². The first kappa shape index (κ1) is 7.68. The van der Waals surface area contributed by atoms with Crippen molar-refractivity contribution >= 4 is 12.2 Å². The molecule has 0 saturated heterocycles. The van der Waals surface area contributed by atoms with E-state index in [1.54, 1.807) is 6.08 Å². The van der Waals surface area contributed by atoms with Crippen LogP contribution >= 0.6 is 0 Å². The Balaban J connectivity index is 3.60. The normalized spacial score (nSPS) is 10.8. The lowest BCUT2D eigenvalue weighted by Gasteiger charge is -1.79. The molecule has 0 aromatic rings. The average Bonchev–Trinajstić information content (AvgIpc) is 1.80. The van der Waals surface area contributed by atoms with E-state index in [1.165, 1.54) is 6.21 Å². The minimum Gasteiger partial charge on any atom is -0.369 e. The van der Waals surface area contributed by atoms with Gasteiger partial charge in [0.2, 0.25) is 5.96 Å². The van der Waals surface area contributed by atoms with E-state index in [1.807, 2.05) is 13.0 Å². The number of hydrogen-bond donors (Lipinski definition) is 2. The van der Waals surface area contributed by atoms with Crippen molar-refractivity contribution in [2.24, 2.45) is 21.7 Å². The molecule has 0 spiro atoms. The van der Waals surface area contributed by atoms with E-state index in [9.17, 15) is 0 Å². The van der Waals surface area contributed by atoms with Crippen LogP contribution in [-0.4, -0.2) is 12.2 Å². The molecule has 0 fully saturated rings. The summed E-state index contributed by atoms with van der Waals surface area (Å²) >= 11 is 0. The minimum atomic E-state index is -0.0317. The van der Waals surface area contributed by atoms with E-state index in [4.69, 9.17) is 11.5 Å². The van der Waals surface area contributed by atoms with Crippen LogP contribution in [0.3, 0.4) is 0 Å². The summed E-state index contributed by atoms with van der Waals surface area (Å²) in [5.41, 5.74) is 9.93. The summed E-state index contributed by atoms with van der Waals surface area (Å²) in [4.78, 5) is 0. The van der Waals surface area contributed by atoms with Gasteiger partial charge >= 0.3 is 0 Å². The number of allylic oxidation sites excluding steroid dienone is 2. The van der Waals surface area contributed by atoms with Crippen molar-refractivity contribution in [3.63, 3.8) is 0 Å². The quantitative estimate of drug-likeness (QED) is 0.306. The van der Waals surface area contributed by atoms with Crippen molar-refractivity contribution < 1.29 is 0 Å². The van der Waals surface area contributed by atoms with Gasteiger partial charge in [-0.2, -0.15) is 5.10 Å². The van der Waals surface area contributed by atoms with E-state index in [0.717, 1.165) is 0 Å². The van der Waals surface area contributed by atoms with Crippen molar-refractivity contribution in [3.8, 4) is 0 Å². The van der Waals surface area contributed by atoms with Crippen LogP contribution in [0.5, 0.6) is 0 Å². The lowest BCUT2D eigenvalue weighted by molar-refractivity contribution is 1.22.